The number of aliphatic hydroxyl groups is 2. The van der Waals surface area contributed by atoms with Crippen molar-refractivity contribution >= 4 is 70.7 Å². The predicted molar refractivity (Wildman–Crippen MR) is 335 cm³/mol. The van der Waals surface area contributed by atoms with E-state index in [1.807, 2.05) is 51.2 Å². The lowest BCUT2D eigenvalue weighted by atomic mass is 9.78. The summed E-state index contributed by atoms with van der Waals surface area (Å²) in [7, 11) is 4.45. The number of nitrogens with one attached hydrogen (secondary N) is 2. The summed E-state index contributed by atoms with van der Waals surface area (Å²) in [5.41, 5.74) is 6.65. The molecule has 3 fully saturated rings. The van der Waals surface area contributed by atoms with E-state index in [1.54, 1.807) is 48.0 Å². The number of ether oxygens (including phenoxy) is 7. The molecule has 2 bridgehead atoms. The minimum atomic E-state index is -2.50. The largest absolute Gasteiger partial charge is 0.480 e. The Morgan fingerprint density at radius 1 is 0.868 bits per heavy atom. The van der Waals surface area contributed by atoms with Crippen LogP contribution in [0.25, 0.3) is 0 Å². The second-order valence-electron chi connectivity index (χ2n) is 24.9. The molecule has 512 valence electrons. The molecule has 8 N–H and O–H groups in total. The van der Waals surface area contributed by atoms with Crippen LogP contribution in [-0.2, 0) is 81.1 Å². The SMILES string of the molecule is CO[C@H]1C[C@@H]2CC[C@@H](C)[C@@](O)(O2)C(=O)C(=O)N2CCCC[C@H]2C(=O)OC([C@H](C)C[C@@H]2CC[C@@H](OCCOC(=O)CSC[C@H](NC(=O)CC[C@H](N)C(=O)O)C(=O)NCC(=O)O)[C@H](OC)C2)CC(=O)[C@H](C)/C=C(\C)[C@@H](O)[C@@H](OC)C(=O)[C@H](C)C[C@@H](C)\C=C/C=C/C=C/1C. The van der Waals surface area contributed by atoms with E-state index >= 15 is 0 Å². The van der Waals surface area contributed by atoms with Gasteiger partial charge in [-0.15, -0.1) is 11.8 Å². The van der Waals surface area contributed by atoms with Gasteiger partial charge in [0.25, 0.3) is 11.7 Å². The summed E-state index contributed by atoms with van der Waals surface area (Å²) in [4.78, 5) is 133. The normalized spacial score (nSPS) is 32.6. The number of thioether (sulfide) groups is 1. The van der Waals surface area contributed by atoms with E-state index < -0.39 is 144 Å². The number of aliphatic hydroxyl groups excluding tert-OH is 1. The zero-order valence-corrected chi connectivity index (χ0v) is 55.3. The number of aliphatic carboxylic acids is 2. The summed E-state index contributed by atoms with van der Waals surface area (Å²) < 4.78 is 41.4. The first-order valence-corrected chi connectivity index (χ1v) is 32.8. The predicted octanol–water partition coefficient (Wildman–Crippen LogP) is 4.36. The fourth-order valence-corrected chi connectivity index (χ4v) is 12.9. The molecule has 0 radical (unpaired) electrons. The summed E-state index contributed by atoms with van der Waals surface area (Å²) in [6, 6.07) is -3.80. The maximum absolute atomic E-state index is 14.7. The topological polar surface area (TPSA) is 370 Å². The second-order valence-corrected chi connectivity index (χ2v) is 25.9. The molecule has 2 saturated heterocycles. The van der Waals surface area contributed by atoms with Crippen LogP contribution in [0.5, 0.6) is 0 Å². The number of ketones is 3. The number of carboxylic acids is 2. The first-order valence-electron chi connectivity index (χ1n) is 31.7. The number of amides is 3. The van der Waals surface area contributed by atoms with Gasteiger partial charge in [-0.05, 0) is 113 Å². The van der Waals surface area contributed by atoms with Crippen LogP contribution in [-0.4, -0.2) is 210 Å². The van der Waals surface area contributed by atoms with E-state index in [0.29, 0.717) is 63.4 Å². The number of hydrogen-bond acceptors (Lipinski definition) is 21. The Labute approximate surface area is 538 Å². The number of nitrogens with zero attached hydrogens (tertiary/aromatic N) is 1. The number of esters is 2. The fourth-order valence-electron chi connectivity index (χ4n) is 12.1. The highest BCUT2D eigenvalue weighted by atomic mass is 32.2. The van der Waals surface area contributed by atoms with E-state index in [9.17, 15) is 58.2 Å². The van der Waals surface area contributed by atoms with Gasteiger partial charge in [0.15, 0.2) is 5.78 Å². The van der Waals surface area contributed by atoms with Gasteiger partial charge in [0.1, 0.15) is 55.4 Å². The van der Waals surface area contributed by atoms with Crippen LogP contribution in [0.1, 0.15) is 138 Å². The second kappa shape index (κ2) is 38.5. The number of Topliss-reactive ketones (excluding diaryl/α,β-unsaturated/α-hetero) is 3. The van der Waals surface area contributed by atoms with Gasteiger partial charge < -0.3 is 74.9 Å². The van der Waals surface area contributed by atoms with Crippen LogP contribution >= 0.6 is 11.8 Å². The molecule has 4 rings (SSSR count). The molecule has 0 aromatic carbocycles. The number of rotatable bonds is 22. The van der Waals surface area contributed by atoms with E-state index in [4.69, 9.17) is 49.1 Å². The molecule has 0 aromatic rings. The van der Waals surface area contributed by atoms with Crippen molar-refractivity contribution in [1.82, 2.24) is 15.5 Å². The van der Waals surface area contributed by atoms with Gasteiger partial charge in [-0.1, -0.05) is 71.1 Å². The number of carboxylic acid groups (broad SMARTS) is 2. The summed E-state index contributed by atoms with van der Waals surface area (Å²) >= 11 is 0.937. The number of methoxy groups -OCH3 is 3. The lowest BCUT2D eigenvalue weighted by Gasteiger charge is -2.42. The molecule has 0 spiro atoms. The minimum Gasteiger partial charge on any atom is -0.480 e. The fraction of sp³-hybridized carbons (Fsp3) is 0.723. The molecule has 4 aliphatic rings. The number of nitrogens with two attached hydrogens (primary N) is 1. The van der Waals surface area contributed by atoms with Crippen molar-refractivity contribution in [2.24, 2.45) is 41.2 Å². The van der Waals surface area contributed by atoms with E-state index in [1.165, 1.54) is 7.11 Å². The molecular formula is C65H100N4O21S. The van der Waals surface area contributed by atoms with Crippen LogP contribution in [0.3, 0.4) is 0 Å². The Morgan fingerprint density at radius 3 is 2.26 bits per heavy atom. The third-order valence-electron chi connectivity index (χ3n) is 17.7. The maximum atomic E-state index is 14.7. The van der Waals surface area contributed by atoms with Crippen LogP contribution < -0.4 is 16.4 Å². The molecule has 3 amide bonds. The summed E-state index contributed by atoms with van der Waals surface area (Å²) in [6.07, 6.45) is 9.43. The summed E-state index contributed by atoms with van der Waals surface area (Å²) in [5.74, 6) is -14.1. The Balaban J connectivity index is 1.51. The van der Waals surface area contributed by atoms with E-state index in [2.05, 4.69) is 10.6 Å². The number of allylic oxidation sites excluding steroid dienone is 6. The Hall–Kier alpha value is -5.71. The lowest BCUT2D eigenvalue weighted by molar-refractivity contribution is -0.265. The lowest BCUT2D eigenvalue weighted by Crippen LogP contribution is -2.61. The third kappa shape index (κ3) is 24.3. The van der Waals surface area contributed by atoms with Gasteiger partial charge in [0.2, 0.25) is 17.6 Å². The van der Waals surface area contributed by atoms with Gasteiger partial charge in [-0.3, -0.25) is 43.2 Å². The minimum absolute atomic E-state index is 0.00125. The molecule has 1 aliphatic carbocycles. The molecular weight excluding hydrogens is 1200 g/mol. The summed E-state index contributed by atoms with van der Waals surface area (Å²) in [6.45, 7) is 11.6. The monoisotopic (exact) mass is 1300 g/mol. The third-order valence-corrected chi connectivity index (χ3v) is 18.7. The number of carbonyl (C=O) groups is 10. The molecule has 3 aliphatic heterocycles. The Morgan fingerprint density at radius 2 is 1.59 bits per heavy atom. The van der Waals surface area contributed by atoms with Crippen LogP contribution in [0, 0.1) is 35.5 Å². The highest BCUT2D eigenvalue weighted by Gasteiger charge is 2.53. The van der Waals surface area contributed by atoms with Gasteiger partial charge in [-0.25, -0.2) is 4.79 Å². The van der Waals surface area contributed by atoms with Crippen molar-refractivity contribution in [2.45, 2.75) is 205 Å². The van der Waals surface area contributed by atoms with E-state index in [-0.39, 0.29) is 86.8 Å². The standard InChI is InChI=1S/C65H100N4O21S/c1-37-16-12-11-13-17-38(2)51(84-8)32-45-21-19-43(7)65(83,90-45)60(77)62(79)69-25-15-14-18-48(69)64(82)89-52(33-49(70)39(3)29-42(6)58(76)59(86-10)57(75)41(5)28-37)40(4)30-44-20-23-50(53(31-44)85-9)87-26-27-88-56(74)36-91-35-47(61(78)67-34-55(72)73)68-54(71)24-22-46(66)63(80)81/h11-13,16-17,29,37,39-41,43-48,50-53,58-59,76,83H,14-15,18-28,30-36,66H2,1-10H3,(H,67,78)(H,68,71)(H,72,73)(H,80,81)/b13-11+,16-12-,38-17+,42-29+/t37-,39+,40+,41+,43+,44-,45-,46-,47-,48-,50+,51-,52?,53+,58+,59-,65+/m0/s1. The summed E-state index contributed by atoms with van der Waals surface area (Å²) in [5, 5.41) is 46.3. The van der Waals surface area contributed by atoms with Gasteiger partial charge in [0, 0.05) is 70.6 Å². The molecule has 0 aromatic heterocycles. The van der Waals surface area contributed by atoms with Crippen molar-refractivity contribution in [3.05, 3.63) is 47.6 Å². The highest BCUT2D eigenvalue weighted by Crippen LogP contribution is 2.38. The number of carbonyl (C=O) groups excluding carboxylic acids is 8. The van der Waals surface area contributed by atoms with Gasteiger partial charge in [-0.2, -0.15) is 0 Å². The average molecular weight is 1310 g/mol. The quantitative estimate of drug-likeness (QED) is 0.0343. The molecule has 17 atom stereocenters. The van der Waals surface area contributed by atoms with Crippen LogP contribution in [0.4, 0.5) is 0 Å². The van der Waals surface area contributed by atoms with E-state index in [0.717, 1.165) is 22.2 Å². The Kier molecular flexibility index (Phi) is 32.9. The van der Waals surface area contributed by atoms with Crippen LogP contribution in [0.2, 0.25) is 0 Å². The number of hydrogen-bond donors (Lipinski definition) is 7. The van der Waals surface area contributed by atoms with Crippen molar-refractivity contribution < 1.29 is 102 Å². The van der Waals surface area contributed by atoms with Crippen molar-refractivity contribution in [3.8, 4) is 0 Å². The molecule has 26 heteroatoms. The molecule has 1 unspecified atom stereocenters. The first-order chi connectivity index (χ1) is 43.0. The van der Waals surface area contributed by atoms with Crippen molar-refractivity contribution in [2.75, 3.05) is 59.1 Å². The van der Waals surface area contributed by atoms with Gasteiger partial charge in [0.05, 0.1) is 36.8 Å². The molecule has 25 nitrogen and oxygen atoms in total. The number of fused-ring (bicyclic) bond motifs is 3. The number of cyclic esters (lactones) is 1. The van der Waals surface area contributed by atoms with Crippen LogP contribution in [0.15, 0.2) is 47.6 Å². The first kappa shape index (κ1) is 77.7. The smallest absolute Gasteiger partial charge is 0.329 e. The average Bonchev–Trinajstić information content (AvgIpc) is 0.861. The van der Waals surface area contributed by atoms with Crippen molar-refractivity contribution in [3.63, 3.8) is 0 Å². The zero-order chi connectivity index (χ0) is 67.7. The molecule has 3 heterocycles. The zero-order valence-electron chi connectivity index (χ0n) is 54.5. The number of piperidine rings is 1. The van der Waals surface area contributed by atoms with Crippen molar-refractivity contribution in [1.29, 1.82) is 0 Å². The van der Waals surface area contributed by atoms with Gasteiger partial charge >= 0.3 is 23.9 Å². The molecule has 1 saturated carbocycles. The Bertz CT molecular complexity index is 2610. The maximum Gasteiger partial charge on any atom is 0.329 e. The molecule has 91 heavy (non-hydrogen) atoms. The highest BCUT2D eigenvalue weighted by molar-refractivity contribution is 8.00.